The van der Waals surface area contributed by atoms with E-state index in [4.69, 9.17) is 8.83 Å². The van der Waals surface area contributed by atoms with E-state index >= 15 is 0 Å². The summed E-state index contributed by atoms with van der Waals surface area (Å²) in [6, 6.07) is 8.18. The molecule has 7 nitrogen and oxygen atoms in total. The number of sulfonamides is 1. The predicted molar refractivity (Wildman–Crippen MR) is 86.3 cm³/mol. The predicted octanol–water partition coefficient (Wildman–Crippen LogP) is 1.90. The van der Waals surface area contributed by atoms with E-state index < -0.39 is 15.8 Å². The number of aryl methyl sites for hydroxylation is 1. The van der Waals surface area contributed by atoms with Crippen LogP contribution in [0.1, 0.15) is 18.1 Å². The van der Waals surface area contributed by atoms with Crippen molar-refractivity contribution in [2.24, 2.45) is 7.05 Å². The van der Waals surface area contributed by atoms with Gasteiger partial charge < -0.3 is 8.83 Å². The van der Waals surface area contributed by atoms with Crippen molar-refractivity contribution in [3.63, 3.8) is 0 Å². The van der Waals surface area contributed by atoms with E-state index in [9.17, 15) is 13.2 Å². The number of benzene rings is 1. The van der Waals surface area contributed by atoms with E-state index in [1.54, 1.807) is 25.4 Å². The summed E-state index contributed by atoms with van der Waals surface area (Å²) in [7, 11) is -2.06. The molecule has 4 rings (SSSR count). The zero-order chi connectivity index (χ0) is 16.9. The molecule has 2 aromatic heterocycles. The quantitative estimate of drug-likeness (QED) is 0.722. The van der Waals surface area contributed by atoms with Gasteiger partial charge in [0.2, 0.25) is 10.0 Å². The van der Waals surface area contributed by atoms with E-state index in [-0.39, 0.29) is 16.4 Å². The molecule has 0 aliphatic carbocycles. The fourth-order valence-electron chi connectivity index (χ4n) is 3.13. The van der Waals surface area contributed by atoms with Crippen LogP contribution in [0.25, 0.3) is 11.1 Å². The van der Waals surface area contributed by atoms with Crippen LogP contribution in [0.2, 0.25) is 0 Å². The third-order valence-corrected chi connectivity index (χ3v) is 6.36. The van der Waals surface area contributed by atoms with Crippen LogP contribution in [-0.4, -0.2) is 30.4 Å². The van der Waals surface area contributed by atoms with Crippen LogP contribution in [0.15, 0.2) is 55.1 Å². The van der Waals surface area contributed by atoms with Crippen molar-refractivity contribution >= 4 is 21.1 Å². The Bertz CT molecular complexity index is 1050. The first-order valence-corrected chi connectivity index (χ1v) is 9.04. The molecule has 0 saturated carbocycles. The molecule has 3 aromatic rings. The molecule has 1 atom stereocenters. The number of hydrogen-bond acceptors (Lipinski definition) is 5. The van der Waals surface area contributed by atoms with Gasteiger partial charge in [-0.15, -0.1) is 0 Å². The molecule has 1 saturated heterocycles. The lowest BCUT2D eigenvalue weighted by molar-refractivity contribution is 0.445. The van der Waals surface area contributed by atoms with Gasteiger partial charge in [0.1, 0.15) is 5.76 Å². The lowest BCUT2D eigenvalue weighted by Gasteiger charge is -2.16. The zero-order valence-electron chi connectivity index (χ0n) is 13.0. The van der Waals surface area contributed by atoms with E-state index in [1.165, 1.54) is 21.0 Å². The summed E-state index contributed by atoms with van der Waals surface area (Å²) in [5.74, 6) is 0.351. The summed E-state index contributed by atoms with van der Waals surface area (Å²) < 4.78 is 39.0. The Morgan fingerprint density at radius 2 is 2.08 bits per heavy atom. The Hall–Kier alpha value is -2.32. The second-order valence-electron chi connectivity index (χ2n) is 5.92. The summed E-state index contributed by atoms with van der Waals surface area (Å²) in [5, 5.41) is 0. The molecule has 0 amide bonds. The number of nitrogens with zero attached hydrogens (tertiary/aromatic N) is 2. The van der Waals surface area contributed by atoms with Crippen LogP contribution in [0, 0.1) is 0 Å². The smallest absolute Gasteiger partial charge is 0.419 e. The van der Waals surface area contributed by atoms with Crippen molar-refractivity contribution in [1.82, 2.24) is 8.87 Å². The summed E-state index contributed by atoms with van der Waals surface area (Å²) >= 11 is 0. The van der Waals surface area contributed by atoms with E-state index in [1.807, 2.05) is 6.07 Å². The van der Waals surface area contributed by atoms with E-state index in [0.717, 1.165) is 12.2 Å². The molecule has 0 spiro atoms. The number of rotatable bonds is 3. The average Bonchev–Trinajstić information content (AvgIpc) is 3.28. The molecule has 0 radical (unpaired) electrons. The third-order valence-electron chi connectivity index (χ3n) is 4.50. The zero-order valence-corrected chi connectivity index (χ0v) is 13.8. The molecule has 1 fully saturated rings. The number of hydrogen-bond donors (Lipinski definition) is 0. The molecule has 126 valence electrons. The first-order valence-electron chi connectivity index (χ1n) is 7.60. The minimum absolute atomic E-state index is 0.0631. The second kappa shape index (κ2) is 5.35. The fourth-order valence-corrected chi connectivity index (χ4v) is 4.64. The Balaban J connectivity index is 1.67. The topological polar surface area (TPSA) is 85.7 Å². The molecule has 8 heteroatoms. The van der Waals surface area contributed by atoms with E-state index in [0.29, 0.717) is 18.6 Å². The summed E-state index contributed by atoms with van der Waals surface area (Å²) in [6.07, 6.45) is 2.31. The van der Waals surface area contributed by atoms with Gasteiger partial charge in [0.25, 0.3) is 0 Å². The highest BCUT2D eigenvalue weighted by atomic mass is 32.2. The number of fused-ring (bicyclic) bond motifs is 1. The second-order valence-corrected chi connectivity index (χ2v) is 7.86. The summed E-state index contributed by atoms with van der Waals surface area (Å²) in [6.45, 7) is 0.817. The molecule has 1 aliphatic heterocycles. The van der Waals surface area contributed by atoms with Crippen molar-refractivity contribution in [3.05, 3.63) is 52.9 Å². The highest BCUT2D eigenvalue weighted by Crippen LogP contribution is 2.31. The molecular weight excluding hydrogens is 332 g/mol. The van der Waals surface area contributed by atoms with Crippen LogP contribution in [0.5, 0.6) is 0 Å². The Labute approximate surface area is 138 Å². The lowest BCUT2D eigenvalue weighted by Crippen LogP contribution is -2.28. The molecule has 1 aromatic carbocycles. The van der Waals surface area contributed by atoms with Crippen LogP contribution in [-0.2, 0) is 17.1 Å². The maximum Gasteiger partial charge on any atom is 0.419 e. The number of aromatic nitrogens is 1. The van der Waals surface area contributed by atoms with Crippen LogP contribution in [0.4, 0.5) is 0 Å². The highest BCUT2D eigenvalue weighted by molar-refractivity contribution is 7.89. The molecule has 0 N–H and O–H groups in total. The maximum atomic E-state index is 12.9. The van der Waals surface area contributed by atoms with Gasteiger partial charge in [-0.25, -0.2) is 13.2 Å². The average molecular weight is 348 g/mol. The van der Waals surface area contributed by atoms with Gasteiger partial charge in [-0.05, 0) is 30.7 Å². The van der Waals surface area contributed by atoms with Crippen molar-refractivity contribution < 1.29 is 17.3 Å². The van der Waals surface area contributed by atoms with Crippen molar-refractivity contribution in [2.75, 3.05) is 13.1 Å². The highest BCUT2D eigenvalue weighted by Gasteiger charge is 2.34. The van der Waals surface area contributed by atoms with Gasteiger partial charge in [0.15, 0.2) is 5.58 Å². The largest absolute Gasteiger partial charge is 0.469 e. The van der Waals surface area contributed by atoms with Gasteiger partial charge in [0.05, 0.1) is 16.7 Å². The van der Waals surface area contributed by atoms with E-state index in [2.05, 4.69) is 0 Å². The van der Waals surface area contributed by atoms with Crippen LogP contribution < -0.4 is 5.76 Å². The number of furan rings is 1. The molecular formula is C16H16N2O5S. The molecule has 1 unspecified atom stereocenters. The lowest BCUT2D eigenvalue weighted by atomic mass is 10.1. The summed E-state index contributed by atoms with van der Waals surface area (Å²) in [5.41, 5.74) is 0.833. The first-order chi connectivity index (χ1) is 11.5. The van der Waals surface area contributed by atoms with Gasteiger partial charge in [-0.2, -0.15) is 4.31 Å². The molecule has 1 aliphatic rings. The minimum Gasteiger partial charge on any atom is -0.469 e. The van der Waals surface area contributed by atoms with Gasteiger partial charge in [-0.3, -0.25) is 4.57 Å². The van der Waals surface area contributed by atoms with Gasteiger partial charge in [-0.1, -0.05) is 0 Å². The fraction of sp³-hybridized carbons (Fsp3) is 0.312. The third kappa shape index (κ3) is 2.30. The monoisotopic (exact) mass is 348 g/mol. The Morgan fingerprint density at radius 3 is 2.83 bits per heavy atom. The minimum atomic E-state index is -3.64. The normalized spacial score (nSPS) is 19.3. The Kier molecular flexibility index (Phi) is 3.40. The maximum absolute atomic E-state index is 12.9. The Morgan fingerprint density at radius 1 is 1.25 bits per heavy atom. The van der Waals surface area contributed by atoms with Gasteiger partial charge in [0, 0.05) is 32.1 Å². The van der Waals surface area contributed by atoms with Crippen molar-refractivity contribution in [3.8, 4) is 0 Å². The first kappa shape index (κ1) is 15.2. The van der Waals surface area contributed by atoms with Crippen LogP contribution >= 0.6 is 0 Å². The van der Waals surface area contributed by atoms with Crippen molar-refractivity contribution in [1.29, 1.82) is 0 Å². The molecule has 3 heterocycles. The molecule has 24 heavy (non-hydrogen) atoms. The molecule has 0 bridgehead atoms. The number of oxazole rings is 1. The SMILES string of the molecule is Cn1c(=O)oc2cc(S(=O)(=O)N3CCC(c4ccco4)C3)ccc21. The van der Waals surface area contributed by atoms with Gasteiger partial charge >= 0.3 is 5.76 Å². The summed E-state index contributed by atoms with van der Waals surface area (Å²) in [4.78, 5) is 11.7. The van der Waals surface area contributed by atoms with Crippen molar-refractivity contribution in [2.45, 2.75) is 17.2 Å². The standard InChI is InChI=1S/C16H16N2O5S/c1-17-13-5-4-12(9-15(13)23-16(17)19)24(20,21)18-7-6-11(10-18)14-3-2-8-22-14/h2-5,8-9,11H,6-7,10H2,1H3. The van der Waals surface area contributed by atoms with Crippen LogP contribution in [0.3, 0.4) is 0 Å².